The second kappa shape index (κ2) is 5.80. The van der Waals surface area contributed by atoms with Crippen molar-refractivity contribution in [3.8, 4) is 0 Å². The fourth-order valence-corrected chi connectivity index (χ4v) is 3.00. The van der Waals surface area contributed by atoms with Crippen LogP contribution in [0.25, 0.3) is 0 Å². The van der Waals surface area contributed by atoms with Crippen LogP contribution in [0.4, 0.5) is 0 Å². The standard InChI is InChI=1S/C17H20O2S/c1-17(2,3)13-8-6-12(7-9-13)11-14(16(18)19)15-5-4-10-20-15/h4-10,14H,11H2,1-3H3,(H,18,19). The Hall–Kier alpha value is -1.61. The molecule has 0 spiro atoms. The van der Waals surface area contributed by atoms with Gasteiger partial charge in [-0.1, -0.05) is 51.1 Å². The van der Waals surface area contributed by atoms with Crippen molar-refractivity contribution in [1.29, 1.82) is 0 Å². The van der Waals surface area contributed by atoms with Gasteiger partial charge in [0.05, 0.1) is 5.92 Å². The quantitative estimate of drug-likeness (QED) is 0.902. The van der Waals surface area contributed by atoms with Crippen molar-refractivity contribution >= 4 is 17.3 Å². The highest BCUT2D eigenvalue weighted by Gasteiger charge is 2.21. The maximum absolute atomic E-state index is 11.4. The Bertz CT molecular complexity index is 562. The molecule has 1 aromatic carbocycles. The van der Waals surface area contributed by atoms with Crippen molar-refractivity contribution in [2.75, 3.05) is 0 Å². The summed E-state index contributed by atoms with van der Waals surface area (Å²) in [7, 11) is 0. The fourth-order valence-electron chi connectivity index (χ4n) is 2.18. The van der Waals surface area contributed by atoms with Crippen molar-refractivity contribution < 1.29 is 9.90 Å². The van der Waals surface area contributed by atoms with Crippen LogP contribution in [0.5, 0.6) is 0 Å². The lowest BCUT2D eigenvalue weighted by molar-refractivity contribution is -0.138. The molecule has 1 heterocycles. The number of carbonyl (C=O) groups is 1. The number of rotatable bonds is 4. The third kappa shape index (κ3) is 3.48. The number of benzene rings is 1. The van der Waals surface area contributed by atoms with Crippen LogP contribution >= 0.6 is 11.3 Å². The van der Waals surface area contributed by atoms with E-state index >= 15 is 0 Å². The molecule has 0 bridgehead atoms. The molecule has 1 aromatic heterocycles. The Morgan fingerprint density at radius 2 is 1.85 bits per heavy atom. The van der Waals surface area contributed by atoms with Crippen LogP contribution in [0.2, 0.25) is 0 Å². The van der Waals surface area contributed by atoms with Crippen LogP contribution in [0, 0.1) is 0 Å². The van der Waals surface area contributed by atoms with Gasteiger partial charge in [0.25, 0.3) is 0 Å². The SMILES string of the molecule is CC(C)(C)c1ccc(CC(C(=O)O)c2cccs2)cc1. The smallest absolute Gasteiger partial charge is 0.312 e. The largest absolute Gasteiger partial charge is 0.481 e. The van der Waals surface area contributed by atoms with E-state index in [4.69, 9.17) is 0 Å². The fraction of sp³-hybridized carbons (Fsp3) is 0.353. The van der Waals surface area contributed by atoms with E-state index in [-0.39, 0.29) is 5.41 Å². The van der Waals surface area contributed by atoms with Crippen molar-refractivity contribution in [2.45, 2.75) is 38.5 Å². The van der Waals surface area contributed by atoms with Crippen LogP contribution in [-0.2, 0) is 16.6 Å². The topological polar surface area (TPSA) is 37.3 Å². The van der Waals surface area contributed by atoms with Gasteiger partial charge in [0.2, 0.25) is 0 Å². The van der Waals surface area contributed by atoms with E-state index in [1.54, 1.807) is 0 Å². The van der Waals surface area contributed by atoms with E-state index in [9.17, 15) is 9.90 Å². The van der Waals surface area contributed by atoms with Gasteiger partial charge in [-0.15, -0.1) is 11.3 Å². The molecule has 2 aromatic rings. The number of thiophene rings is 1. The lowest BCUT2D eigenvalue weighted by Crippen LogP contribution is -2.14. The van der Waals surface area contributed by atoms with Crippen molar-refractivity contribution in [3.05, 3.63) is 57.8 Å². The molecule has 2 rings (SSSR count). The lowest BCUT2D eigenvalue weighted by Gasteiger charge is -2.19. The number of hydrogen-bond acceptors (Lipinski definition) is 2. The first-order chi connectivity index (χ1) is 9.38. The molecule has 20 heavy (non-hydrogen) atoms. The molecule has 0 fully saturated rings. The molecule has 0 amide bonds. The molecule has 0 saturated heterocycles. The van der Waals surface area contributed by atoms with Gasteiger partial charge in [0.1, 0.15) is 0 Å². The molecule has 1 N–H and O–H groups in total. The van der Waals surface area contributed by atoms with E-state index in [1.165, 1.54) is 16.9 Å². The average molecular weight is 288 g/mol. The van der Waals surface area contributed by atoms with Gasteiger partial charge in [0.15, 0.2) is 0 Å². The first-order valence-electron chi connectivity index (χ1n) is 6.73. The van der Waals surface area contributed by atoms with Crippen molar-refractivity contribution in [1.82, 2.24) is 0 Å². The molecule has 0 aliphatic heterocycles. The van der Waals surface area contributed by atoms with E-state index in [2.05, 4.69) is 32.9 Å². The monoisotopic (exact) mass is 288 g/mol. The summed E-state index contributed by atoms with van der Waals surface area (Å²) in [6.45, 7) is 6.52. The van der Waals surface area contributed by atoms with Crippen LogP contribution in [-0.4, -0.2) is 11.1 Å². The maximum atomic E-state index is 11.4. The molecule has 1 atom stereocenters. The number of aliphatic carboxylic acids is 1. The molecule has 1 unspecified atom stereocenters. The summed E-state index contributed by atoms with van der Waals surface area (Å²) in [5, 5.41) is 11.3. The van der Waals surface area contributed by atoms with E-state index < -0.39 is 11.9 Å². The molecule has 3 heteroatoms. The maximum Gasteiger partial charge on any atom is 0.312 e. The van der Waals surface area contributed by atoms with Gasteiger partial charge < -0.3 is 5.11 Å². The third-order valence-corrected chi connectivity index (χ3v) is 4.43. The highest BCUT2D eigenvalue weighted by Crippen LogP contribution is 2.27. The van der Waals surface area contributed by atoms with Gasteiger partial charge in [-0.05, 0) is 34.4 Å². The minimum Gasteiger partial charge on any atom is -0.481 e. The summed E-state index contributed by atoms with van der Waals surface area (Å²) in [6, 6.07) is 12.1. The zero-order valence-corrected chi connectivity index (χ0v) is 12.9. The number of hydrogen-bond donors (Lipinski definition) is 1. The average Bonchev–Trinajstić information content (AvgIpc) is 2.88. The minimum atomic E-state index is -0.757. The minimum absolute atomic E-state index is 0.123. The first-order valence-corrected chi connectivity index (χ1v) is 7.61. The molecular weight excluding hydrogens is 268 g/mol. The Morgan fingerprint density at radius 1 is 1.20 bits per heavy atom. The zero-order valence-electron chi connectivity index (χ0n) is 12.1. The summed E-state index contributed by atoms with van der Waals surface area (Å²) in [5.41, 5.74) is 2.46. The van der Waals surface area contributed by atoms with Crippen molar-refractivity contribution in [3.63, 3.8) is 0 Å². The number of carboxylic acids is 1. The third-order valence-electron chi connectivity index (χ3n) is 3.44. The van der Waals surface area contributed by atoms with E-state index in [0.717, 1.165) is 10.4 Å². The van der Waals surface area contributed by atoms with Gasteiger partial charge in [-0.2, -0.15) is 0 Å². The zero-order chi connectivity index (χ0) is 14.8. The normalized spacial score (nSPS) is 13.2. The summed E-state index contributed by atoms with van der Waals surface area (Å²) < 4.78 is 0. The molecule has 106 valence electrons. The Morgan fingerprint density at radius 3 is 2.30 bits per heavy atom. The predicted octanol–water partition coefficient (Wildman–Crippen LogP) is 4.46. The number of carboxylic acid groups (broad SMARTS) is 1. The predicted molar refractivity (Wildman–Crippen MR) is 83.5 cm³/mol. The summed E-state index contributed by atoms with van der Waals surface area (Å²) in [4.78, 5) is 12.3. The van der Waals surface area contributed by atoms with Gasteiger partial charge in [-0.3, -0.25) is 4.79 Å². The van der Waals surface area contributed by atoms with Crippen LogP contribution < -0.4 is 0 Å². The van der Waals surface area contributed by atoms with Crippen LogP contribution in [0.15, 0.2) is 41.8 Å². The molecule has 0 aliphatic carbocycles. The highest BCUT2D eigenvalue weighted by molar-refractivity contribution is 7.10. The second-order valence-corrected chi connectivity index (χ2v) is 7.04. The molecule has 0 aliphatic rings. The molecular formula is C17H20O2S. The van der Waals surface area contributed by atoms with E-state index in [0.29, 0.717) is 6.42 Å². The Labute approximate surface area is 124 Å². The molecule has 0 radical (unpaired) electrons. The van der Waals surface area contributed by atoms with Crippen LogP contribution in [0.3, 0.4) is 0 Å². The van der Waals surface area contributed by atoms with E-state index in [1.807, 2.05) is 29.6 Å². The Kier molecular flexibility index (Phi) is 4.29. The lowest BCUT2D eigenvalue weighted by atomic mass is 9.86. The summed E-state index contributed by atoms with van der Waals surface area (Å²) >= 11 is 1.51. The second-order valence-electron chi connectivity index (χ2n) is 6.06. The van der Waals surface area contributed by atoms with Crippen LogP contribution in [0.1, 0.15) is 42.7 Å². The van der Waals surface area contributed by atoms with Gasteiger partial charge in [0, 0.05) is 4.88 Å². The van der Waals surface area contributed by atoms with Crippen molar-refractivity contribution in [2.24, 2.45) is 0 Å². The van der Waals surface area contributed by atoms with Gasteiger partial charge >= 0.3 is 5.97 Å². The van der Waals surface area contributed by atoms with Gasteiger partial charge in [-0.25, -0.2) is 0 Å². The Balaban J connectivity index is 2.18. The highest BCUT2D eigenvalue weighted by atomic mass is 32.1. The molecule has 0 saturated carbocycles. The first kappa shape index (κ1) is 14.8. The molecule has 2 nitrogen and oxygen atoms in total. The summed E-state index contributed by atoms with van der Waals surface area (Å²) in [6.07, 6.45) is 0.542. The summed E-state index contributed by atoms with van der Waals surface area (Å²) in [5.74, 6) is -1.21.